The highest BCUT2D eigenvalue weighted by atomic mass is 32.2. The summed E-state index contributed by atoms with van der Waals surface area (Å²) in [6.45, 7) is 2.29. The third-order valence-corrected chi connectivity index (χ3v) is 3.43. The van der Waals surface area contributed by atoms with E-state index in [1.807, 2.05) is 6.92 Å². The molecule has 6 nitrogen and oxygen atoms in total. The van der Waals surface area contributed by atoms with Gasteiger partial charge in [0, 0.05) is 25.8 Å². The molecule has 1 atom stereocenters. The van der Waals surface area contributed by atoms with Crippen molar-refractivity contribution in [3.05, 3.63) is 12.5 Å². The fourth-order valence-corrected chi connectivity index (χ4v) is 2.28. The average Bonchev–Trinajstić information content (AvgIpc) is 2.60. The number of imidazole rings is 1. The second-order valence-corrected chi connectivity index (χ2v) is 5.61. The summed E-state index contributed by atoms with van der Waals surface area (Å²) in [6.07, 6.45) is 4.44. The zero-order valence-electron chi connectivity index (χ0n) is 9.55. The molecule has 0 aromatic carbocycles. The van der Waals surface area contributed by atoms with E-state index in [9.17, 15) is 8.42 Å². The topological polar surface area (TPSA) is 90.0 Å². The van der Waals surface area contributed by atoms with E-state index in [1.54, 1.807) is 11.6 Å². The maximum Gasteiger partial charge on any atom is 0.259 e. The van der Waals surface area contributed by atoms with Gasteiger partial charge in [0.2, 0.25) is 0 Å². The molecule has 0 bridgehead atoms. The summed E-state index contributed by atoms with van der Waals surface area (Å²) in [5.41, 5.74) is 5.56. The summed E-state index contributed by atoms with van der Waals surface area (Å²) in [7, 11) is -1.74. The van der Waals surface area contributed by atoms with Crippen LogP contribution in [0.15, 0.2) is 17.6 Å². The summed E-state index contributed by atoms with van der Waals surface area (Å²) < 4.78 is 27.4. The van der Waals surface area contributed by atoms with Gasteiger partial charge in [-0.3, -0.25) is 0 Å². The van der Waals surface area contributed by atoms with Crippen molar-refractivity contribution >= 4 is 10.0 Å². The van der Waals surface area contributed by atoms with Gasteiger partial charge in [-0.1, -0.05) is 0 Å². The molecule has 1 unspecified atom stereocenters. The molecule has 0 fully saturated rings. The van der Waals surface area contributed by atoms with Gasteiger partial charge in [0.1, 0.15) is 0 Å². The van der Waals surface area contributed by atoms with E-state index in [0.717, 1.165) is 12.8 Å². The Bertz CT molecular complexity index is 424. The Hall–Kier alpha value is -0.920. The van der Waals surface area contributed by atoms with Crippen LogP contribution in [0.3, 0.4) is 0 Å². The van der Waals surface area contributed by atoms with Crippen LogP contribution >= 0.6 is 0 Å². The Labute approximate surface area is 95.9 Å². The normalized spacial score (nSPS) is 13.9. The third-order valence-electron chi connectivity index (χ3n) is 2.08. The largest absolute Gasteiger partial charge is 0.339 e. The summed E-state index contributed by atoms with van der Waals surface area (Å²) in [4.78, 5) is 3.79. The minimum atomic E-state index is -3.46. The first-order chi connectivity index (χ1) is 7.42. The molecule has 0 aliphatic carbocycles. The number of sulfonamides is 1. The molecule has 1 rings (SSSR count). The van der Waals surface area contributed by atoms with Crippen LogP contribution in [-0.4, -0.2) is 30.6 Å². The monoisotopic (exact) mass is 246 g/mol. The second kappa shape index (κ2) is 5.42. The first kappa shape index (κ1) is 13.1. The van der Waals surface area contributed by atoms with Gasteiger partial charge in [-0.25, -0.2) is 18.1 Å². The molecule has 0 aliphatic rings. The standard InChI is InChI=1S/C9H18N4O2S/c1-8(10)4-3-5-12-16(14,15)9-6-13(2)7-11-9/h6-8,12H,3-5,10H2,1-2H3. The van der Waals surface area contributed by atoms with Gasteiger partial charge in [-0.05, 0) is 19.8 Å². The first-order valence-electron chi connectivity index (χ1n) is 5.15. The fourth-order valence-electron chi connectivity index (χ4n) is 1.23. The molecule has 16 heavy (non-hydrogen) atoms. The number of aromatic nitrogens is 2. The summed E-state index contributed by atoms with van der Waals surface area (Å²) in [6, 6.07) is 0.0966. The molecule has 7 heteroatoms. The predicted molar refractivity (Wildman–Crippen MR) is 61.3 cm³/mol. The molecule has 0 saturated heterocycles. The Morgan fingerprint density at radius 3 is 2.81 bits per heavy atom. The molecule has 0 aliphatic heterocycles. The van der Waals surface area contributed by atoms with E-state index in [0.29, 0.717) is 6.54 Å². The van der Waals surface area contributed by atoms with Gasteiger partial charge in [0.25, 0.3) is 10.0 Å². The van der Waals surface area contributed by atoms with E-state index in [2.05, 4.69) is 9.71 Å². The highest BCUT2D eigenvalue weighted by molar-refractivity contribution is 7.89. The van der Waals surface area contributed by atoms with Crippen molar-refractivity contribution in [2.45, 2.75) is 30.8 Å². The number of aryl methyl sites for hydroxylation is 1. The Morgan fingerprint density at radius 2 is 2.31 bits per heavy atom. The van der Waals surface area contributed by atoms with Gasteiger partial charge >= 0.3 is 0 Å². The van der Waals surface area contributed by atoms with E-state index >= 15 is 0 Å². The quantitative estimate of drug-likeness (QED) is 0.682. The fraction of sp³-hybridized carbons (Fsp3) is 0.667. The minimum Gasteiger partial charge on any atom is -0.339 e. The van der Waals surface area contributed by atoms with E-state index in [4.69, 9.17) is 5.73 Å². The number of hydrogen-bond acceptors (Lipinski definition) is 4. The number of nitrogens with zero attached hydrogens (tertiary/aromatic N) is 2. The maximum absolute atomic E-state index is 11.7. The molecule has 1 aromatic heterocycles. The lowest BCUT2D eigenvalue weighted by Crippen LogP contribution is -2.26. The Morgan fingerprint density at radius 1 is 1.62 bits per heavy atom. The van der Waals surface area contributed by atoms with E-state index < -0.39 is 10.0 Å². The van der Waals surface area contributed by atoms with Gasteiger partial charge in [0.05, 0.1) is 6.33 Å². The van der Waals surface area contributed by atoms with Crippen molar-refractivity contribution in [3.8, 4) is 0 Å². The zero-order chi connectivity index (χ0) is 12.2. The lowest BCUT2D eigenvalue weighted by atomic mass is 10.2. The highest BCUT2D eigenvalue weighted by Crippen LogP contribution is 2.04. The molecule has 0 spiro atoms. The van der Waals surface area contributed by atoms with E-state index in [-0.39, 0.29) is 11.1 Å². The number of hydrogen-bond donors (Lipinski definition) is 2. The van der Waals surface area contributed by atoms with Gasteiger partial charge in [-0.2, -0.15) is 0 Å². The number of rotatable bonds is 6. The predicted octanol–water partition coefficient (Wildman–Crippen LogP) is -0.174. The number of nitrogens with two attached hydrogens (primary N) is 1. The zero-order valence-corrected chi connectivity index (χ0v) is 10.4. The van der Waals surface area contributed by atoms with Crippen LogP contribution in [0.4, 0.5) is 0 Å². The van der Waals surface area contributed by atoms with Crippen molar-refractivity contribution in [3.63, 3.8) is 0 Å². The van der Waals surface area contributed by atoms with Crippen LogP contribution < -0.4 is 10.5 Å². The SMILES string of the molecule is CC(N)CCCNS(=O)(=O)c1cn(C)cn1. The minimum absolute atomic E-state index is 0.0517. The van der Waals surface area contributed by atoms with Crippen LogP contribution in [0.5, 0.6) is 0 Å². The average molecular weight is 246 g/mol. The molecule has 92 valence electrons. The van der Waals surface area contributed by atoms with Crippen LogP contribution in [0.2, 0.25) is 0 Å². The van der Waals surface area contributed by atoms with Crippen molar-refractivity contribution in [1.82, 2.24) is 14.3 Å². The summed E-state index contributed by atoms with van der Waals surface area (Å²) >= 11 is 0. The number of nitrogens with one attached hydrogen (secondary N) is 1. The van der Waals surface area contributed by atoms with Crippen LogP contribution in [0.25, 0.3) is 0 Å². The third kappa shape index (κ3) is 3.92. The summed E-state index contributed by atoms with van der Waals surface area (Å²) in [5, 5.41) is 0.0517. The van der Waals surface area contributed by atoms with Crippen LogP contribution in [0.1, 0.15) is 19.8 Å². The van der Waals surface area contributed by atoms with Crippen molar-refractivity contribution in [2.75, 3.05) is 6.54 Å². The molecule has 0 saturated carbocycles. The van der Waals surface area contributed by atoms with Gasteiger partial charge in [-0.15, -0.1) is 0 Å². The highest BCUT2D eigenvalue weighted by Gasteiger charge is 2.15. The molecule has 0 radical (unpaired) electrons. The molecule has 1 aromatic rings. The maximum atomic E-state index is 11.7. The van der Waals surface area contributed by atoms with Gasteiger partial charge < -0.3 is 10.3 Å². The lowest BCUT2D eigenvalue weighted by Gasteiger charge is -2.05. The van der Waals surface area contributed by atoms with Crippen molar-refractivity contribution < 1.29 is 8.42 Å². The van der Waals surface area contributed by atoms with Crippen molar-refractivity contribution in [2.24, 2.45) is 12.8 Å². The first-order valence-corrected chi connectivity index (χ1v) is 6.63. The molecular weight excluding hydrogens is 228 g/mol. The second-order valence-electron chi connectivity index (χ2n) is 3.89. The van der Waals surface area contributed by atoms with Gasteiger partial charge in [0.15, 0.2) is 5.03 Å². The summed E-state index contributed by atoms with van der Waals surface area (Å²) in [5.74, 6) is 0. The Balaban J connectivity index is 2.47. The molecule has 1 heterocycles. The van der Waals surface area contributed by atoms with E-state index in [1.165, 1.54) is 12.5 Å². The molecule has 0 amide bonds. The van der Waals surface area contributed by atoms with Crippen molar-refractivity contribution in [1.29, 1.82) is 0 Å². The van der Waals surface area contributed by atoms with Crippen LogP contribution in [0, 0.1) is 0 Å². The molecule has 3 N–H and O–H groups in total. The Kier molecular flexibility index (Phi) is 4.45. The molecular formula is C9H18N4O2S. The lowest BCUT2D eigenvalue weighted by molar-refractivity contribution is 0.565. The smallest absolute Gasteiger partial charge is 0.259 e. The van der Waals surface area contributed by atoms with Crippen LogP contribution in [-0.2, 0) is 17.1 Å².